The Labute approximate surface area is 110 Å². The van der Waals surface area contributed by atoms with Gasteiger partial charge in [0.1, 0.15) is 5.75 Å². The molecule has 0 fully saturated rings. The van der Waals surface area contributed by atoms with Gasteiger partial charge in [0, 0.05) is 6.54 Å². The Hall–Kier alpha value is -1.28. The lowest BCUT2D eigenvalue weighted by Gasteiger charge is -2.16. The SMILES string of the molecule is CC/C(CN(C)C)=C1/CCc2ccc(OC)cc21. The highest BCUT2D eigenvalue weighted by Crippen LogP contribution is 2.37. The fourth-order valence-corrected chi connectivity index (χ4v) is 2.75. The summed E-state index contributed by atoms with van der Waals surface area (Å²) in [6.45, 7) is 3.31. The summed E-state index contributed by atoms with van der Waals surface area (Å²) in [4.78, 5) is 2.25. The Bertz CT molecular complexity index is 460. The molecule has 1 aliphatic carbocycles. The molecule has 0 aliphatic heterocycles. The van der Waals surface area contributed by atoms with E-state index in [0.717, 1.165) is 18.7 Å². The zero-order valence-corrected chi connectivity index (χ0v) is 11.9. The van der Waals surface area contributed by atoms with E-state index in [2.05, 4.69) is 44.1 Å². The molecule has 2 nitrogen and oxygen atoms in total. The number of aryl methyl sites for hydroxylation is 1. The lowest BCUT2D eigenvalue weighted by molar-refractivity contribution is 0.414. The van der Waals surface area contributed by atoms with Crippen LogP contribution in [-0.2, 0) is 6.42 Å². The van der Waals surface area contributed by atoms with Crippen LogP contribution in [0, 0.1) is 0 Å². The van der Waals surface area contributed by atoms with Crippen molar-refractivity contribution in [2.24, 2.45) is 0 Å². The summed E-state index contributed by atoms with van der Waals surface area (Å²) in [5, 5.41) is 0. The monoisotopic (exact) mass is 245 g/mol. The van der Waals surface area contributed by atoms with E-state index >= 15 is 0 Å². The molecule has 0 N–H and O–H groups in total. The third-order valence-corrected chi connectivity index (χ3v) is 3.65. The predicted molar refractivity (Wildman–Crippen MR) is 77.1 cm³/mol. The largest absolute Gasteiger partial charge is 0.497 e. The van der Waals surface area contributed by atoms with Crippen molar-refractivity contribution in [3.63, 3.8) is 0 Å². The summed E-state index contributed by atoms with van der Waals surface area (Å²) in [7, 11) is 6.01. The molecule has 0 saturated heterocycles. The lowest BCUT2D eigenvalue weighted by atomic mass is 9.99. The van der Waals surface area contributed by atoms with Gasteiger partial charge in [0.2, 0.25) is 0 Å². The van der Waals surface area contributed by atoms with E-state index in [1.54, 1.807) is 18.3 Å². The third kappa shape index (κ3) is 2.59. The predicted octanol–water partition coefficient (Wildman–Crippen LogP) is 3.37. The molecule has 98 valence electrons. The number of rotatable bonds is 4. The molecule has 0 unspecified atom stereocenters. The molecule has 1 aliphatic rings. The molecule has 0 spiro atoms. The van der Waals surface area contributed by atoms with Gasteiger partial charge in [-0.25, -0.2) is 0 Å². The number of methoxy groups -OCH3 is 1. The van der Waals surface area contributed by atoms with Crippen LogP contribution in [0.5, 0.6) is 5.75 Å². The van der Waals surface area contributed by atoms with Gasteiger partial charge in [0.05, 0.1) is 7.11 Å². The van der Waals surface area contributed by atoms with Crippen LogP contribution < -0.4 is 4.74 Å². The van der Waals surface area contributed by atoms with Gasteiger partial charge in [-0.15, -0.1) is 0 Å². The molecule has 2 heteroatoms. The van der Waals surface area contributed by atoms with E-state index in [1.807, 2.05) is 0 Å². The van der Waals surface area contributed by atoms with Crippen molar-refractivity contribution in [1.29, 1.82) is 0 Å². The van der Waals surface area contributed by atoms with Crippen LogP contribution in [0.3, 0.4) is 0 Å². The standard InChI is InChI=1S/C16H23NO/c1-5-12(11-17(2)3)15-9-7-13-6-8-14(18-4)10-16(13)15/h6,8,10H,5,7,9,11H2,1-4H3/b15-12+. The summed E-state index contributed by atoms with van der Waals surface area (Å²) in [6.07, 6.45) is 3.48. The minimum atomic E-state index is 0.966. The maximum atomic E-state index is 5.35. The number of allylic oxidation sites excluding steroid dienone is 1. The van der Waals surface area contributed by atoms with Gasteiger partial charge in [0.15, 0.2) is 0 Å². The number of likely N-dealkylation sites (N-methyl/N-ethyl adjacent to an activating group) is 1. The van der Waals surface area contributed by atoms with Crippen molar-refractivity contribution in [2.75, 3.05) is 27.7 Å². The first-order chi connectivity index (χ1) is 8.65. The number of hydrogen-bond donors (Lipinski definition) is 0. The first-order valence-electron chi connectivity index (χ1n) is 6.68. The number of fused-ring (bicyclic) bond motifs is 1. The summed E-state index contributed by atoms with van der Waals surface area (Å²) in [5.74, 6) is 0.966. The average Bonchev–Trinajstić information content (AvgIpc) is 2.78. The molecule has 0 saturated carbocycles. The molecule has 2 rings (SSSR count). The van der Waals surface area contributed by atoms with Crippen LogP contribution in [0.25, 0.3) is 5.57 Å². The lowest BCUT2D eigenvalue weighted by Crippen LogP contribution is -2.15. The van der Waals surface area contributed by atoms with Gasteiger partial charge in [-0.2, -0.15) is 0 Å². The highest BCUT2D eigenvalue weighted by Gasteiger charge is 2.19. The van der Waals surface area contributed by atoms with Crippen LogP contribution in [0.4, 0.5) is 0 Å². The van der Waals surface area contributed by atoms with Gasteiger partial charge in [0.25, 0.3) is 0 Å². The fourth-order valence-electron chi connectivity index (χ4n) is 2.75. The summed E-state index contributed by atoms with van der Waals surface area (Å²) < 4.78 is 5.35. The smallest absolute Gasteiger partial charge is 0.119 e. The second-order valence-electron chi connectivity index (χ2n) is 5.20. The van der Waals surface area contributed by atoms with E-state index in [-0.39, 0.29) is 0 Å². The number of ether oxygens (including phenoxy) is 1. The van der Waals surface area contributed by atoms with Gasteiger partial charge in [-0.1, -0.05) is 18.6 Å². The van der Waals surface area contributed by atoms with Crippen LogP contribution in [0.1, 0.15) is 30.9 Å². The average molecular weight is 245 g/mol. The van der Waals surface area contributed by atoms with Crippen molar-refractivity contribution < 1.29 is 4.74 Å². The number of hydrogen-bond acceptors (Lipinski definition) is 2. The molecule has 0 amide bonds. The quantitative estimate of drug-likeness (QED) is 0.806. The summed E-state index contributed by atoms with van der Waals surface area (Å²) in [6, 6.07) is 6.48. The molecular weight excluding hydrogens is 222 g/mol. The van der Waals surface area contributed by atoms with E-state index < -0.39 is 0 Å². The van der Waals surface area contributed by atoms with Crippen molar-refractivity contribution in [2.45, 2.75) is 26.2 Å². The first-order valence-corrected chi connectivity index (χ1v) is 6.68. The normalized spacial score (nSPS) is 16.9. The molecule has 1 aromatic rings. The van der Waals surface area contributed by atoms with Crippen LogP contribution in [0.2, 0.25) is 0 Å². The molecule has 18 heavy (non-hydrogen) atoms. The van der Waals surface area contributed by atoms with Gasteiger partial charge < -0.3 is 9.64 Å². The zero-order valence-electron chi connectivity index (χ0n) is 11.9. The van der Waals surface area contributed by atoms with E-state index in [0.29, 0.717) is 0 Å². The third-order valence-electron chi connectivity index (χ3n) is 3.65. The maximum absolute atomic E-state index is 5.35. The maximum Gasteiger partial charge on any atom is 0.119 e. The number of nitrogens with zero attached hydrogens (tertiary/aromatic N) is 1. The molecule has 0 atom stereocenters. The van der Waals surface area contributed by atoms with Crippen molar-refractivity contribution in [1.82, 2.24) is 4.90 Å². The van der Waals surface area contributed by atoms with Gasteiger partial charge in [-0.05, 0) is 62.2 Å². The van der Waals surface area contributed by atoms with Crippen LogP contribution in [0.15, 0.2) is 23.8 Å². The Morgan fingerprint density at radius 3 is 2.67 bits per heavy atom. The highest BCUT2D eigenvalue weighted by atomic mass is 16.5. The Morgan fingerprint density at radius 2 is 2.06 bits per heavy atom. The van der Waals surface area contributed by atoms with Crippen LogP contribution >= 0.6 is 0 Å². The number of benzene rings is 1. The van der Waals surface area contributed by atoms with E-state index in [4.69, 9.17) is 4.74 Å². The zero-order chi connectivity index (χ0) is 13.1. The van der Waals surface area contributed by atoms with Crippen molar-refractivity contribution in [3.05, 3.63) is 34.9 Å². The second kappa shape index (κ2) is 5.57. The van der Waals surface area contributed by atoms with Crippen molar-refractivity contribution in [3.8, 4) is 5.75 Å². The van der Waals surface area contributed by atoms with Crippen molar-refractivity contribution >= 4 is 5.57 Å². The second-order valence-corrected chi connectivity index (χ2v) is 5.20. The van der Waals surface area contributed by atoms with E-state index in [9.17, 15) is 0 Å². The minimum Gasteiger partial charge on any atom is -0.497 e. The Kier molecular flexibility index (Phi) is 4.07. The minimum absolute atomic E-state index is 0.966. The van der Waals surface area contributed by atoms with Gasteiger partial charge >= 0.3 is 0 Å². The molecule has 0 radical (unpaired) electrons. The summed E-state index contributed by atoms with van der Waals surface area (Å²) >= 11 is 0. The molecule has 0 aromatic heterocycles. The van der Waals surface area contributed by atoms with Crippen LogP contribution in [-0.4, -0.2) is 32.6 Å². The topological polar surface area (TPSA) is 12.5 Å². The van der Waals surface area contributed by atoms with Gasteiger partial charge in [-0.3, -0.25) is 0 Å². The Morgan fingerprint density at radius 1 is 1.28 bits per heavy atom. The highest BCUT2D eigenvalue weighted by molar-refractivity contribution is 5.76. The summed E-state index contributed by atoms with van der Waals surface area (Å²) in [5.41, 5.74) is 5.98. The molecule has 1 aromatic carbocycles. The first kappa shape index (κ1) is 13.2. The molecule has 0 heterocycles. The van der Waals surface area contributed by atoms with E-state index in [1.165, 1.54) is 24.0 Å². The molecular formula is C16H23NO. The fraction of sp³-hybridized carbons (Fsp3) is 0.500. The molecule has 0 bridgehead atoms. The Balaban J connectivity index is 2.41.